The van der Waals surface area contributed by atoms with Crippen LogP contribution in [0.1, 0.15) is 25.2 Å². The van der Waals surface area contributed by atoms with Crippen molar-refractivity contribution in [3.63, 3.8) is 0 Å². The summed E-state index contributed by atoms with van der Waals surface area (Å²) >= 11 is 1.64. The van der Waals surface area contributed by atoms with Crippen LogP contribution in [-0.4, -0.2) is 33.4 Å². The molecule has 0 saturated heterocycles. The lowest BCUT2D eigenvalue weighted by atomic mass is 9.99. The Hall–Kier alpha value is -2.64. The summed E-state index contributed by atoms with van der Waals surface area (Å²) in [4.78, 5) is 20.3. The summed E-state index contributed by atoms with van der Waals surface area (Å²) in [5.74, 6) is 0.435. The summed E-state index contributed by atoms with van der Waals surface area (Å²) < 4.78 is 15.7. The van der Waals surface area contributed by atoms with Crippen LogP contribution in [0, 0.1) is 12.7 Å². The third-order valence-corrected chi connectivity index (χ3v) is 6.63. The van der Waals surface area contributed by atoms with Crippen molar-refractivity contribution in [2.24, 2.45) is 5.73 Å². The summed E-state index contributed by atoms with van der Waals surface area (Å²) in [6, 6.07) is 14.7. The van der Waals surface area contributed by atoms with Crippen LogP contribution in [0.25, 0.3) is 11.3 Å². The zero-order valence-electron chi connectivity index (χ0n) is 17.4. The number of rotatable bonds is 4. The summed E-state index contributed by atoms with van der Waals surface area (Å²) in [6.45, 7) is 7.22. The molecular formula is C23H25FN4OS. The van der Waals surface area contributed by atoms with E-state index < -0.39 is 5.54 Å². The first-order valence-electron chi connectivity index (χ1n) is 9.93. The Morgan fingerprint density at radius 1 is 1.13 bits per heavy atom. The molecule has 0 fully saturated rings. The number of nitrogens with zero attached hydrogens (tertiary/aromatic N) is 3. The summed E-state index contributed by atoms with van der Waals surface area (Å²) in [5.41, 5.74) is 7.88. The quantitative estimate of drug-likeness (QED) is 0.682. The molecule has 0 aliphatic carbocycles. The van der Waals surface area contributed by atoms with E-state index >= 15 is 0 Å². The number of imidazole rings is 1. The lowest BCUT2D eigenvalue weighted by Crippen LogP contribution is -2.53. The Labute approximate surface area is 180 Å². The predicted molar refractivity (Wildman–Crippen MR) is 117 cm³/mol. The standard InChI is InChI=1S/C23H25FN4OS/c1-15-4-10-18(11-5-15)30-21-20(16-6-8-17(24)9-7-16)26-22-23(2,3)28(19(29)14-25)13-12-27(21)22/h4-11H,12-14,25H2,1-3H3. The molecule has 0 spiro atoms. The van der Waals surface area contributed by atoms with Crippen LogP contribution < -0.4 is 5.73 Å². The van der Waals surface area contributed by atoms with E-state index in [-0.39, 0.29) is 18.3 Å². The van der Waals surface area contributed by atoms with Crippen LogP contribution in [0.4, 0.5) is 4.39 Å². The number of nitrogens with two attached hydrogens (primary N) is 1. The summed E-state index contributed by atoms with van der Waals surface area (Å²) in [7, 11) is 0. The van der Waals surface area contributed by atoms with E-state index in [1.807, 2.05) is 13.8 Å². The number of aryl methyl sites for hydroxylation is 1. The lowest BCUT2D eigenvalue weighted by Gasteiger charge is -2.42. The van der Waals surface area contributed by atoms with E-state index in [2.05, 4.69) is 35.8 Å². The number of halogens is 1. The lowest BCUT2D eigenvalue weighted by molar-refractivity contribution is -0.137. The molecule has 0 saturated carbocycles. The maximum absolute atomic E-state index is 13.5. The van der Waals surface area contributed by atoms with Gasteiger partial charge in [0.05, 0.1) is 12.1 Å². The predicted octanol–water partition coefficient (Wildman–Crippen LogP) is 4.18. The highest BCUT2D eigenvalue weighted by molar-refractivity contribution is 7.99. The zero-order valence-corrected chi connectivity index (χ0v) is 18.2. The van der Waals surface area contributed by atoms with Crippen LogP contribution >= 0.6 is 11.8 Å². The number of aromatic nitrogens is 2. The number of fused-ring (bicyclic) bond motifs is 1. The fourth-order valence-electron chi connectivity index (χ4n) is 3.88. The zero-order chi connectivity index (χ0) is 21.5. The smallest absolute Gasteiger partial charge is 0.237 e. The molecule has 3 aromatic rings. The van der Waals surface area contributed by atoms with E-state index in [1.165, 1.54) is 17.7 Å². The van der Waals surface area contributed by atoms with Crippen molar-refractivity contribution in [1.82, 2.24) is 14.5 Å². The average molecular weight is 425 g/mol. The van der Waals surface area contributed by atoms with E-state index in [1.54, 1.807) is 28.8 Å². The van der Waals surface area contributed by atoms with Crippen LogP contribution in [0.5, 0.6) is 0 Å². The maximum Gasteiger partial charge on any atom is 0.237 e. The monoisotopic (exact) mass is 424 g/mol. The first-order chi connectivity index (χ1) is 14.3. The first-order valence-corrected chi connectivity index (χ1v) is 10.7. The van der Waals surface area contributed by atoms with E-state index in [4.69, 9.17) is 10.7 Å². The highest BCUT2D eigenvalue weighted by Crippen LogP contribution is 2.42. The molecule has 1 aliphatic rings. The Kier molecular flexibility index (Phi) is 5.42. The van der Waals surface area contributed by atoms with E-state index in [9.17, 15) is 9.18 Å². The van der Waals surface area contributed by atoms with Gasteiger partial charge in [-0.3, -0.25) is 4.79 Å². The number of hydrogen-bond donors (Lipinski definition) is 1. The Morgan fingerprint density at radius 3 is 2.43 bits per heavy atom. The molecular weight excluding hydrogens is 399 g/mol. The Bertz CT molecular complexity index is 1070. The number of benzene rings is 2. The van der Waals surface area contributed by atoms with Gasteiger partial charge >= 0.3 is 0 Å². The Balaban J connectivity index is 1.85. The molecule has 1 amide bonds. The molecule has 1 aromatic heterocycles. The van der Waals surface area contributed by atoms with Crippen LogP contribution in [0.15, 0.2) is 58.5 Å². The number of carbonyl (C=O) groups excluding carboxylic acids is 1. The van der Waals surface area contributed by atoms with Gasteiger partial charge in [-0.1, -0.05) is 29.5 Å². The minimum atomic E-state index is -0.602. The van der Waals surface area contributed by atoms with Crippen molar-refractivity contribution in [3.05, 3.63) is 65.7 Å². The molecule has 1 aliphatic heterocycles. The minimum Gasteiger partial charge on any atom is -0.327 e. The van der Waals surface area contributed by atoms with Gasteiger partial charge in [0.1, 0.15) is 22.4 Å². The van der Waals surface area contributed by atoms with Crippen molar-refractivity contribution in [1.29, 1.82) is 0 Å². The van der Waals surface area contributed by atoms with Crippen molar-refractivity contribution in [2.75, 3.05) is 13.1 Å². The molecule has 2 heterocycles. The molecule has 0 unspecified atom stereocenters. The van der Waals surface area contributed by atoms with Crippen LogP contribution in [-0.2, 0) is 16.9 Å². The second kappa shape index (κ2) is 7.89. The molecule has 5 nitrogen and oxygen atoms in total. The minimum absolute atomic E-state index is 0.0278. The third kappa shape index (κ3) is 3.63. The maximum atomic E-state index is 13.5. The summed E-state index contributed by atoms with van der Waals surface area (Å²) in [5, 5.41) is 0.994. The number of hydrogen-bond acceptors (Lipinski definition) is 4. The highest BCUT2D eigenvalue weighted by atomic mass is 32.2. The highest BCUT2D eigenvalue weighted by Gasteiger charge is 2.41. The fourth-order valence-corrected chi connectivity index (χ4v) is 4.92. The fraction of sp³-hybridized carbons (Fsp3) is 0.304. The van der Waals surface area contributed by atoms with Crippen molar-refractivity contribution >= 4 is 17.7 Å². The molecule has 4 rings (SSSR count). The van der Waals surface area contributed by atoms with Crippen molar-refractivity contribution in [3.8, 4) is 11.3 Å². The molecule has 2 aromatic carbocycles. The SMILES string of the molecule is Cc1ccc(Sc2c(-c3ccc(F)cc3)nc3n2CCN(C(=O)CN)C3(C)C)cc1. The van der Waals surface area contributed by atoms with E-state index in [0.29, 0.717) is 13.1 Å². The summed E-state index contributed by atoms with van der Waals surface area (Å²) in [6.07, 6.45) is 0. The van der Waals surface area contributed by atoms with Crippen molar-refractivity contribution in [2.45, 2.75) is 42.8 Å². The first kappa shape index (κ1) is 20.6. The van der Waals surface area contributed by atoms with Crippen LogP contribution in [0.2, 0.25) is 0 Å². The molecule has 0 bridgehead atoms. The van der Waals surface area contributed by atoms with Gasteiger partial charge < -0.3 is 15.2 Å². The largest absolute Gasteiger partial charge is 0.327 e. The van der Waals surface area contributed by atoms with Gasteiger partial charge in [-0.2, -0.15) is 0 Å². The topological polar surface area (TPSA) is 64.2 Å². The second-order valence-corrected chi connectivity index (χ2v) is 9.03. The van der Waals surface area contributed by atoms with E-state index in [0.717, 1.165) is 27.0 Å². The Morgan fingerprint density at radius 2 is 1.80 bits per heavy atom. The molecule has 30 heavy (non-hydrogen) atoms. The molecule has 0 atom stereocenters. The van der Waals surface area contributed by atoms with Crippen molar-refractivity contribution < 1.29 is 9.18 Å². The van der Waals surface area contributed by atoms with Gasteiger partial charge in [0.25, 0.3) is 0 Å². The normalized spacial score (nSPS) is 15.2. The third-order valence-electron chi connectivity index (χ3n) is 5.52. The second-order valence-electron chi connectivity index (χ2n) is 7.97. The van der Waals surface area contributed by atoms with Crippen LogP contribution in [0.3, 0.4) is 0 Å². The van der Waals surface area contributed by atoms with Gasteiger partial charge in [-0.05, 0) is 57.2 Å². The molecule has 156 valence electrons. The number of amides is 1. The molecule has 2 N–H and O–H groups in total. The number of carbonyl (C=O) groups is 1. The molecule has 7 heteroatoms. The van der Waals surface area contributed by atoms with Gasteiger partial charge in [0.15, 0.2) is 0 Å². The molecule has 0 radical (unpaired) electrons. The average Bonchev–Trinajstić information content (AvgIpc) is 3.09. The van der Waals surface area contributed by atoms with Gasteiger partial charge in [0.2, 0.25) is 5.91 Å². The van der Waals surface area contributed by atoms with Gasteiger partial charge in [-0.25, -0.2) is 9.37 Å². The van der Waals surface area contributed by atoms with Gasteiger partial charge in [0, 0.05) is 23.5 Å². The van der Waals surface area contributed by atoms with Gasteiger partial charge in [-0.15, -0.1) is 0 Å².